The summed E-state index contributed by atoms with van der Waals surface area (Å²) in [5, 5.41) is 0. The second-order valence-corrected chi connectivity index (χ2v) is 5.87. The summed E-state index contributed by atoms with van der Waals surface area (Å²) in [4.78, 5) is 4.86. The van der Waals surface area contributed by atoms with Crippen molar-refractivity contribution in [3.05, 3.63) is 53.9 Å². The summed E-state index contributed by atoms with van der Waals surface area (Å²) in [5.41, 5.74) is 11.3. The van der Waals surface area contributed by atoms with Gasteiger partial charge >= 0.3 is 0 Å². The van der Waals surface area contributed by atoms with E-state index in [1.807, 2.05) is 19.1 Å². The second kappa shape index (κ2) is 6.42. The van der Waals surface area contributed by atoms with Crippen LogP contribution in [0.15, 0.2) is 42.6 Å². The molecule has 0 saturated heterocycles. The van der Waals surface area contributed by atoms with Gasteiger partial charge in [-0.2, -0.15) is 0 Å². The molecule has 0 radical (unpaired) electrons. The number of fused-ring (bicyclic) bond motifs is 1. The number of imidazole rings is 1. The molecule has 3 aromatic rings. The Labute approximate surface area is 136 Å². The lowest BCUT2D eigenvalue weighted by molar-refractivity contribution is 0.340. The highest BCUT2D eigenvalue weighted by molar-refractivity contribution is 5.68. The summed E-state index contributed by atoms with van der Waals surface area (Å²) in [6.07, 6.45) is 2.08. The van der Waals surface area contributed by atoms with Gasteiger partial charge in [-0.3, -0.25) is 0 Å². The van der Waals surface area contributed by atoms with E-state index in [9.17, 15) is 0 Å². The molecule has 4 heteroatoms. The first-order chi connectivity index (χ1) is 11.1. The standard InChI is InChI=1S/C19H23N3O/c1-4-23-16-7-5-15(6-8-16)18-19(14(3)12-20)22-10-9-13(2)11-17(22)21-18/h5-11,14H,4,12,20H2,1-3H3. The highest BCUT2D eigenvalue weighted by atomic mass is 16.5. The molecule has 0 fully saturated rings. The van der Waals surface area contributed by atoms with Crippen LogP contribution in [-0.4, -0.2) is 22.5 Å². The Hall–Kier alpha value is -2.33. The molecule has 0 aliphatic heterocycles. The number of aromatic nitrogens is 2. The average molecular weight is 309 g/mol. The lowest BCUT2D eigenvalue weighted by Crippen LogP contribution is -2.12. The van der Waals surface area contributed by atoms with Gasteiger partial charge in [-0.15, -0.1) is 0 Å². The summed E-state index contributed by atoms with van der Waals surface area (Å²) in [6, 6.07) is 12.3. The quantitative estimate of drug-likeness (QED) is 0.780. The molecule has 120 valence electrons. The van der Waals surface area contributed by atoms with Crippen LogP contribution < -0.4 is 10.5 Å². The van der Waals surface area contributed by atoms with Crippen molar-refractivity contribution >= 4 is 5.65 Å². The minimum absolute atomic E-state index is 0.231. The third-order valence-electron chi connectivity index (χ3n) is 4.08. The molecule has 1 atom stereocenters. The minimum atomic E-state index is 0.231. The Bertz CT molecular complexity index is 805. The number of hydrogen-bond acceptors (Lipinski definition) is 3. The molecule has 1 unspecified atom stereocenters. The van der Waals surface area contributed by atoms with Gasteiger partial charge in [0.25, 0.3) is 0 Å². The van der Waals surface area contributed by atoms with Gasteiger partial charge in [0, 0.05) is 24.2 Å². The number of pyridine rings is 1. The highest BCUT2D eigenvalue weighted by Crippen LogP contribution is 2.31. The molecule has 0 bridgehead atoms. The maximum atomic E-state index is 5.93. The molecule has 3 rings (SSSR count). The van der Waals surface area contributed by atoms with Crippen molar-refractivity contribution in [2.24, 2.45) is 5.73 Å². The molecule has 2 aromatic heterocycles. The molecular formula is C19H23N3O. The van der Waals surface area contributed by atoms with Crippen molar-refractivity contribution in [3.8, 4) is 17.0 Å². The summed E-state index contributed by atoms with van der Waals surface area (Å²) in [5.74, 6) is 1.11. The Morgan fingerprint density at radius 3 is 2.61 bits per heavy atom. The first-order valence-corrected chi connectivity index (χ1v) is 8.06. The van der Waals surface area contributed by atoms with Crippen LogP contribution in [0.1, 0.15) is 31.0 Å². The van der Waals surface area contributed by atoms with Crippen molar-refractivity contribution in [2.75, 3.05) is 13.2 Å². The summed E-state index contributed by atoms with van der Waals surface area (Å²) in [6.45, 7) is 7.46. The second-order valence-electron chi connectivity index (χ2n) is 5.87. The number of benzene rings is 1. The molecule has 2 N–H and O–H groups in total. The average Bonchev–Trinajstić information content (AvgIpc) is 2.93. The van der Waals surface area contributed by atoms with Gasteiger partial charge in [-0.05, 0) is 55.8 Å². The molecule has 23 heavy (non-hydrogen) atoms. The Balaban J connectivity index is 2.15. The van der Waals surface area contributed by atoms with Crippen molar-refractivity contribution in [1.29, 1.82) is 0 Å². The first kappa shape index (κ1) is 15.6. The molecular weight excluding hydrogens is 286 g/mol. The van der Waals surface area contributed by atoms with E-state index >= 15 is 0 Å². The number of nitrogens with two attached hydrogens (primary N) is 1. The van der Waals surface area contributed by atoms with E-state index in [-0.39, 0.29) is 5.92 Å². The zero-order valence-electron chi connectivity index (χ0n) is 13.9. The van der Waals surface area contributed by atoms with Crippen molar-refractivity contribution in [3.63, 3.8) is 0 Å². The number of nitrogens with zero attached hydrogens (tertiary/aromatic N) is 2. The SMILES string of the molecule is CCOc1ccc(-c2nc3cc(C)ccn3c2C(C)CN)cc1. The van der Waals surface area contributed by atoms with Crippen LogP contribution in [0, 0.1) is 6.92 Å². The lowest BCUT2D eigenvalue weighted by atomic mass is 10.0. The van der Waals surface area contributed by atoms with Crippen LogP contribution in [0.25, 0.3) is 16.9 Å². The van der Waals surface area contributed by atoms with Gasteiger partial charge in [0.15, 0.2) is 0 Å². The van der Waals surface area contributed by atoms with Gasteiger partial charge in [-0.25, -0.2) is 4.98 Å². The smallest absolute Gasteiger partial charge is 0.137 e. The Kier molecular flexibility index (Phi) is 4.35. The first-order valence-electron chi connectivity index (χ1n) is 8.06. The van der Waals surface area contributed by atoms with Crippen LogP contribution >= 0.6 is 0 Å². The van der Waals surface area contributed by atoms with E-state index < -0.39 is 0 Å². The fourth-order valence-electron chi connectivity index (χ4n) is 2.84. The van der Waals surface area contributed by atoms with E-state index in [2.05, 4.69) is 48.7 Å². The van der Waals surface area contributed by atoms with Gasteiger partial charge < -0.3 is 14.9 Å². The summed E-state index contributed by atoms with van der Waals surface area (Å²) >= 11 is 0. The normalized spacial score (nSPS) is 12.5. The molecule has 1 aromatic carbocycles. The van der Waals surface area contributed by atoms with E-state index in [1.165, 1.54) is 5.56 Å². The zero-order valence-corrected chi connectivity index (χ0v) is 13.9. The minimum Gasteiger partial charge on any atom is -0.494 e. The third-order valence-corrected chi connectivity index (χ3v) is 4.08. The van der Waals surface area contributed by atoms with Crippen LogP contribution in [0.3, 0.4) is 0 Å². The fourth-order valence-corrected chi connectivity index (χ4v) is 2.84. The molecule has 4 nitrogen and oxygen atoms in total. The molecule has 2 heterocycles. The number of rotatable bonds is 5. The Morgan fingerprint density at radius 1 is 1.22 bits per heavy atom. The number of hydrogen-bond donors (Lipinski definition) is 1. The van der Waals surface area contributed by atoms with E-state index in [0.29, 0.717) is 13.2 Å². The number of ether oxygens (including phenoxy) is 1. The monoisotopic (exact) mass is 309 g/mol. The highest BCUT2D eigenvalue weighted by Gasteiger charge is 2.18. The van der Waals surface area contributed by atoms with Crippen molar-refractivity contribution in [2.45, 2.75) is 26.7 Å². The maximum Gasteiger partial charge on any atom is 0.137 e. The van der Waals surface area contributed by atoms with Crippen LogP contribution in [0.2, 0.25) is 0 Å². The third kappa shape index (κ3) is 2.94. The van der Waals surface area contributed by atoms with Crippen LogP contribution in [0.5, 0.6) is 5.75 Å². The molecule has 0 saturated carbocycles. The molecule has 0 spiro atoms. The number of aryl methyl sites for hydroxylation is 1. The topological polar surface area (TPSA) is 52.5 Å². The van der Waals surface area contributed by atoms with Crippen molar-refractivity contribution in [1.82, 2.24) is 9.38 Å². The van der Waals surface area contributed by atoms with Gasteiger partial charge in [0.05, 0.1) is 18.0 Å². The van der Waals surface area contributed by atoms with Crippen LogP contribution in [-0.2, 0) is 0 Å². The Morgan fingerprint density at radius 2 is 1.96 bits per heavy atom. The molecule has 0 aliphatic carbocycles. The zero-order chi connectivity index (χ0) is 16.4. The summed E-state index contributed by atoms with van der Waals surface area (Å²) < 4.78 is 7.67. The lowest BCUT2D eigenvalue weighted by Gasteiger charge is -2.12. The molecule has 0 amide bonds. The van der Waals surface area contributed by atoms with Gasteiger partial charge in [0.1, 0.15) is 11.4 Å². The van der Waals surface area contributed by atoms with Gasteiger partial charge in [-0.1, -0.05) is 6.92 Å². The molecule has 0 aliphatic rings. The maximum absolute atomic E-state index is 5.93. The van der Waals surface area contributed by atoms with Crippen LogP contribution in [0.4, 0.5) is 0 Å². The van der Waals surface area contributed by atoms with E-state index in [1.54, 1.807) is 0 Å². The predicted octanol–water partition coefficient (Wildman–Crippen LogP) is 3.77. The fraction of sp³-hybridized carbons (Fsp3) is 0.316. The van der Waals surface area contributed by atoms with Crippen molar-refractivity contribution < 1.29 is 4.74 Å². The largest absolute Gasteiger partial charge is 0.494 e. The van der Waals surface area contributed by atoms with Gasteiger partial charge in [0.2, 0.25) is 0 Å². The summed E-state index contributed by atoms with van der Waals surface area (Å²) in [7, 11) is 0. The van der Waals surface area contributed by atoms with E-state index in [4.69, 9.17) is 15.5 Å². The van der Waals surface area contributed by atoms with E-state index in [0.717, 1.165) is 28.3 Å². The predicted molar refractivity (Wildman–Crippen MR) is 94.0 cm³/mol.